The number of nitrogens with zero attached hydrogens (tertiary/aromatic N) is 1. The molecule has 0 bridgehead atoms. The Kier molecular flexibility index (Phi) is 7.30. The maximum Gasteiger partial charge on any atom is 0.142 e. The summed E-state index contributed by atoms with van der Waals surface area (Å²) in [6, 6.07) is 5.89. The molecule has 1 aliphatic rings. The summed E-state index contributed by atoms with van der Waals surface area (Å²) < 4.78 is 11.0. The second-order valence-corrected chi connectivity index (χ2v) is 5.70. The van der Waals surface area contributed by atoms with Crippen LogP contribution >= 0.6 is 11.6 Å². The van der Waals surface area contributed by atoms with E-state index in [2.05, 4.69) is 16.3 Å². The van der Waals surface area contributed by atoms with Crippen LogP contribution in [-0.4, -0.2) is 51.4 Å². The van der Waals surface area contributed by atoms with Crippen LogP contribution < -0.4 is 10.1 Å². The lowest BCUT2D eigenvalue weighted by Gasteiger charge is -2.17. The minimum Gasteiger partial charge on any atom is -0.490 e. The highest BCUT2D eigenvalue weighted by Crippen LogP contribution is 2.28. The second-order valence-electron chi connectivity index (χ2n) is 5.29. The van der Waals surface area contributed by atoms with Crippen molar-refractivity contribution in [2.75, 3.05) is 46.5 Å². The van der Waals surface area contributed by atoms with Crippen molar-refractivity contribution >= 4 is 11.6 Å². The van der Waals surface area contributed by atoms with Gasteiger partial charge in [0.2, 0.25) is 0 Å². The third kappa shape index (κ3) is 5.47. The lowest BCUT2D eigenvalue weighted by atomic mass is 10.2. The van der Waals surface area contributed by atoms with Gasteiger partial charge in [-0.3, -0.25) is 4.90 Å². The van der Waals surface area contributed by atoms with E-state index in [0.717, 1.165) is 30.9 Å². The van der Waals surface area contributed by atoms with Gasteiger partial charge in [-0.05, 0) is 32.0 Å². The molecule has 1 aromatic carbocycles. The molecule has 1 heterocycles. The lowest BCUT2D eigenvalue weighted by molar-refractivity contribution is 0.198. The van der Waals surface area contributed by atoms with E-state index < -0.39 is 0 Å². The Bertz CT molecular complexity index is 423. The second kappa shape index (κ2) is 9.26. The van der Waals surface area contributed by atoms with E-state index in [4.69, 9.17) is 21.1 Å². The molecule has 1 N–H and O–H groups in total. The molecular formula is C16H25ClN2O2. The molecule has 2 rings (SSSR count). The molecule has 1 aliphatic heterocycles. The van der Waals surface area contributed by atoms with Gasteiger partial charge in [0.05, 0.1) is 11.6 Å². The molecule has 0 saturated carbocycles. The Labute approximate surface area is 132 Å². The van der Waals surface area contributed by atoms with Gasteiger partial charge in [0.1, 0.15) is 12.4 Å². The molecule has 0 amide bonds. The maximum absolute atomic E-state index is 6.27. The van der Waals surface area contributed by atoms with E-state index in [-0.39, 0.29) is 0 Å². The lowest BCUT2D eigenvalue weighted by Crippen LogP contribution is -2.25. The molecule has 4 nitrogen and oxygen atoms in total. The molecule has 1 fully saturated rings. The largest absolute Gasteiger partial charge is 0.490 e. The van der Waals surface area contributed by atoms with Gasteiger partial charge in [-0.15, -0.1) is 0 Å². The third-order valence-electron chi connectivity index (χ3n) is 3.70. The molecule has 0 radical (unpaired) electrons. The zero-order valence-electron chi connectivity index (χ0n) is 12.7. The number of benzene rings is 1. The highest BCUT2D eigenvalue weighted by Gasteiger charge is 2.12. The van der Waals surface area contributed by atoms with Gasteiger partial charge in [-0.25, -0.2) is 0 Å². The Morgan fingerprint density at radius 2 is 2.05 bits per heavy atom. The number of likely N-dealkylation sites (tertiary alicyclic amines) is 1. The van der Waals surface area contributed by atoms with Gasteiger partial charge < -0.3 is 14.8 Å². The van der Waals surface area contributed by atoms with Gasteiger partial charge >= 0.3 is 0 Å². The number of hydrogen-bond acceptors (Lipinski definition) is 4. The fourth-order valence-electron chi connectivity index (χ4n) is 2.53. The zero-order chi connectivity index (χ0) is 14.9. The van der Waals surface area contributed by atoms with Gasteiger partial charge in [0.25, 0.3) is 0 Å². The van der Waals surface area contributed by atoms with Crippen molar-refractivity contribution in [3.63, 3.8) is 0 Å². The van der Waals surface area contributed by atoms with E-state index in [1.165, 1.54) is 25.9 Å². The highest BCUT2D eigenvalue weighted by molar-refractivity contribution is 6.32. The molecule has 0 unspecified atom stereocenters. The van der Waals surface area contributed by atoms with Crippen molar-refractivity contribution in [1.29, 1.82) is 0 Å². The molecule has 0 spiro atoms. The number of halogens is 1. The van der Waals surface area contributed by atoms with Crippen LogP contribution in [0.5, 0.6) is 5.75 Å². The predicted octanol–water partition coefficient (Wildman–Crippen LogP) is 2.55. The van der Waals surface area contributed by atoms with Crippen LogP contribution in [0.15, 0.2) is 18.2 Å². The number of nitrogens with one attached hydrogen (secondary N) is 1. The Morgan fingerprint density at radius 1 is 1.24 bits per heavy atom. The standard InChI is InChI=1S/C16H25ClN2O2/c1-20-11-7-18-13-14-5-4-6-15(17)16(14)21-12-10-19-8-2-3-9-19/h4-6,18H,2-3,7-13H2,1H3. The molecule has 5 heteroatoms. The minimum atomic E-state index is 0.683. The van der Waals surface area contributed by atoms with Crippen LogP contribution in [0.4, 0.5) is 0 Å². The van der Waals surface area contributed by atoms with Crippen molar-refractivity contribution < 1.29 is 9.47 Å². The van der Waals surface area contributed by atoms with Crippen LogP contribution in [-0.2, 0) is 11.3 Å². The van der Waals surface area contributed by atoms with Crippen LogP contribution in [0.2, 0.25) is 5.02 Å². The average molecular weight is 313 g/mol. The van der Waals surface area contributed by atoms with Crippen LogP contribution in [0, 0.1) is 0 Å². The fourth-order valence-corrected chi connectivity index (χ4v) is 2.78. The molecule has 0 aliphatic carbocycles. The van der Waals surface area contributed by atoms with E-state index in [0.29, 0.717) is 18.2 Å². The first-order valence-electron chi connectivity index (χ1n) is 7.63. The predicted molar refractivity (Wildman–Crippen MR) is 86.2 cm³/mol. The maximum atomic E-state index is 6.27. The molecule has 1 aromatic rings. The van der Waals surface area contributed by atoms with Gasteiger partial charge in [-0.1, -0.05) is 23.7 Å². The summed E-state index contributed by atoms with van der Waals surface area (Å²) in [5, 5.41) is 4.01. The number of ether oxygens (including phenoxy) is 2. The first-order chi connectivity index (χ1) is 10.3. The Morgan fingerprint density at radius 3 is 2.81 bits per heavy atom. The summed E-state index contributed by atoms with van der Waals surface area (Å²) in [5.74, 6) is 0.809. The van der Waals surface area contributed by atoms with Crippen LogP contribution in [0.3, 0.4) is 0 Å². The molecule has 21 heavy (non-hydrogen) atoms. The molecule has 118 valence electrons. The first-order valence-corrected chi connectivity index (χ1v) is 8.01. The van der Waals surface area contributed by atoms with E-state index in [1.54, 1.807) is 7.11 Å². The summed E-state index contributed by atoms with van der Waals surface area (Å²) in [6.07, 6.45) is 2.61. The fraction of sp³-hybridized carbons (Fsp3) is 0.625. The average Bonchev–Trinajstić information content (AvgIpc) is 2.99. The van der Waals surface area contributed by atoms with Crippen LogP contribution in [0.25, 0.3) is 0 Å². The summed E-state index contributed by atoms with van der Waals surface area (Å²) in [7, 11) is 1.70. The van der Waals surface area contributed by atoms with Gasteiger partial charge in [0.15, 0.2) is 0 Å². The first kappa shape index (κ1) is 16.6. The SMILES string of the molecule is COCCNCc1cccc(Cl)c1OCCN1CCCC1. The minimum absolute atomic E-state index is 0.683. The summed E-state index contributed by atoms with van der Waals surface area (Å²) >= 11 is 6.27. The summed E-state index contributed by atoms with van der Waals surface area (Å²) in [6.45, 7) is 6.30. The molecular weight excluding hydrogens is 288 g/mol. The molecule has 0 atom stereocenters. The number of methoxy groups -OCH3 is 1. The third-order valence-corrected chi connectivity index (χ3v) is 4.00. The highest BCUT2D eigenvalue weighted by atomic mass is 35.5. The van der Waals surface area contributed by atoms with Crippen molar-refractivity contribution in [2.24, 2.45) is 0 Å². The number of para-hydroxylation sites is 1. The van der Waals surface area contributed by atoms with E-state index in [9.17, 15) is 0 Å². The number of rotatable bonds is 9. The topological polar surface area (TPSA) is 33.7 Å². The van der Waals surface area contributed by atoms with E-state index in [1.807, 2.05) is 12.1 Å². The van der Waals surface area contributed by atoms with Crippen molar-refractivity contribution in [3.05, 3.63) is 28.8 Å². The normalized spacial score (nSPS) is 15.5. The quantitative estimate of drug-likeness (QED) is 0.711. The Balaban J connectivity index is 1.83. The smallest absolute Gasteiger partial charge is 0.142 e. The summed E-state index contributed by atoms with van der Waals surface area (Å²) in [5.41, 5.74) is 1.10. The van der Waals surface area contributed by atoms with Gasteiger partial charge in [-0.2, -0.15) is 0 Å². The molecule has 0 aromatic heterocycles. The van der Waals surface area contributed by atoms with Crippen molar-refractivity contribution in [2.45, 2.75) is 19.4 Å². The zero-order valence-corrected chi connectivity index (χ0v) is 13.5. The van der Waals surface area contributed by atoms with Gasteiger partial charge in [0, 0.05) is 32.3 Å². The van der Waals surface area contributed by atoms with Crippen molar-refractivity contribution in [3.8, 4) is 5.75 Å². The summed E-state index contributed by atoms with van der Waals surface area (Å²) in [4.78, 5) is 2.44. The Hall–Kier alpha value is -0.810. The monoisotopic (exact) mass is 312 g/mol. The van der Waals surface area contributed by atoms with E-state index >= 15 is 0 Å². The van der Waals surface area contributed by atoms with Crippen LogP contribution in [0.1, 0.15) is 18.4 Å². The molecule has 1 saturated heterocycles. The van der Waals surface area contributed by atoms with Crippen molar-refractivity contribution in [1.82, 2.24) is 10.2 Å². The number of hydrogen-bond donors (Lipinski definition) is 1.